The number of thiophene rings is 1. The summed E-state index contributed by atoms with van der Waals surface area (Å²) in [6.07, 6.45) is 4.42. The number of nitrogens with one attached hydrogen (secondary N) is 1. The van der Waals surface area contributed by atoms with Gasteiger partial charge in [0, 0.05) is 18.1 Å². The van der Waals surface area contributed by atoms with Crippen molar-refractivity contribution in [2.24, 2.45) is 13.0 Å². The Kier molecular flexibility index (Phi) is 8.11. The first-order valence-electron chi connectivity index (χ1n) is 12.7. The standard InChI is InChI=1S/C27H29ClN6O3S2/c1-5-37-26(36)22-18-10-9-16(3)12-20(18)39-25(22)29-21(35)14-38-27-31-30-24(23-19(28)13-33(4)32-23)34(27)17-8-6-7-15(2)11-17/h6-8,11,13,16H,5,9-10,12,14H2,1-4H3,(H,29,35)/t16-/m1/s1. The van der Waals surface area contributed by atoms with Gasteiger partial charge in [0.1, 0.15) is 10.7 Å². The molecule has 12 heteroatoms. The summed E-state index contributed by atoms with van der Waals surface area (Å²) >= 11 is 9.17. The van der Waals surface area contributed by atoms with Crippen molar-refractivity contribution in [3.63, 3.8) is 0 Å². The highest BCUT2D eigenvalue weighted by atomic mass is 35.5. The van der Waals surface area contributed by atoms with Gasteiger partial charge < -0.3 is 10.1 Å². The van der Waals surface area contributed by atoms with Crippen LogP contribution >= 0.6 is 34.7 Å². The van der Waals surface area contributed by atoms with Crippen LogP contribution in [0.15, 0.2) is 35.6 Å². The molecule has 0 fully saturated rings. The predicted octanol–water partition coefficient (Wildman–Crippen LogP) is 5.72. The van der Waals surface area contributed by atoms with Crippen LogP contribution in [0.4, 0.5) is 5.00 Å². The summed E-state index contributed by atoms with van der Waals surface area (Å²) in [5, 5.41) is 17.7. The van der Waals surface area contributed by atoms with Crippen LogP contribution in [0.3, 0.4) is 0 Å². The molecule has 0 bridgehead atoms. The molecule has 1 aliphatic rings. The minimum atomic E-state index is -0.386. The predicted molar refractivity (Wildman–Crippen MR) is 154 cm³/mol. The molecule has 0 saturated heterocycles. The first kappa shape index (κ1) is 27.4. The number of anilines is 1. The minimum Gasteiger partial charge on any atom is -0.462 e. The molecule has 0 radical (unpaired) electrons. The molecule has 0 spiro atoms. The second kappa shape index (κ2) is 11.5. The zero-order valence-corrected chi connectivity index (χ0v) is 24.5. The smallest absolute Gasteiger partial charge is 0.341 e. The Morgan fingerprint density at radius 1 is 1.31 bits per heavy atom. The fourth-order valence-electron chi connectivity index (χ4n) is 4.68. The van der Waals surface area contributed by atoms with Gasteiger partial charge in [0.25, 0.3) is 0 Å². The fraction of sp³-hybridized carbons (Fsp3) is 0.370. The first-order chi connectivity index (χ1) is 18.7. The molecule has 204 valence electrons. The molecule has 5 rings (SSSR count). The van der Waals surface area contributed by atoms with Crippen LogP contribution in [-0.4, -0.2) is 48.8 Å². The maximum absolute atomic E-state index is 13.2. The molecular formula is C27H29ClN6O3S2. The molecule has 0 saturated carbocycles. The van der Waals surface area contributed by atoms with Gasteiger partial charge in [-0.15, -0.1) is 21.5 Å². The number of thioether (sulfide) groups is 1. The summed E-state index contributed by atoms with van der Waals surface area (Å²) in [6, 6.07) is 7.91. The van der Waals surface area contributed by atoms with E-state index < -0.39 is 0 Å². The lowest BCUT2D eigenvalue weighted by Gasteiger charge is -2.18. The van der Waals surface area contributed by atoms with E-state index in [0.717, 1.165) is 41.0 Å². The lowest BCUT2D eigenvalue weighted by Crippen LogP contribution is -2.18. The molecule has 3 aromatic heterocycles. The van der Waals surface area contributed by atoms with Gasteiger partial charge in [0.05, 0.1) is 28.6 Å². The van der Waals surface area contributed by atoms with E-state index in [9.17, 15) is 9.59 Å². The van der Waals surface area contributed by atoms with Crippen LogP contribution in [0.1, 0.15) is 46.6 Å². The van der Waals surface area contributed by atoms with Crippen molar-refractivity contribution in [1.29, 1.82) is 0 Å². The Morgan fingerprint density at radius 3 is 2.85 bits per heavy atom. The Bertz CT molecular complexity index is 1540. The first-order valence-corrected chi connectivity index (χ1v) is 14.9. The molecular weight excluding hydrogens is 556 g/mol. The summed E-state index contributed by atoms with van der Waals surface area (Å²) in [6.45, 7) is 6.27. The summed E-state index contributed by atoms with van der Waals surface area (Å²) in [7, 11) is 1.79. The number of carbonyl (C=O) groups excluding carboxylic acids is 2. The van der Waals surface area contributed by atoms with Gasteiger partial charge in [-0.05, 0) is 62.3 Å². The third kappa shape index (κ3) is 5.75. The van der Waals surface area contributed by atoms with E-state index in [1.54, 1.807) is 24.9 Å². The third-order valence-corrected chi connectivity index (χ3v) is 8.84. The van der Waals surface area contributed by atoms with E-state index in [1.165, 1.54) is 23.1 Å². The number of hydrogen-bond acceptors (Lipinski definition) is 8. The van der Waals surface area contributed by atoms with Gasteiger partial charge in [-0.2, -0.15) is 5.10 Å². The average molecular weight is 585 g/mol. The number of benzene rings is 1. The fourth-order valence-corrected chi connectivity index (χ4v) is 7.11. The number of rotatable bonds is 8. The average Bonchev–Trinajstić information content (AvgIpc) is 3.56. The van der Waals surface area contributed by atoms with Gasteiger partial charge in [-0.3, -0.25) is 14.0 Å². The van der Waals surface area contributed by atoms with Crippen molar-refractivity contribution in [2.45, 2.75) is 45.2 Å². The van der Waals surface area contributed by atoms with Crippen LogP contribution in [-0.2, 0) is 29.4 Å². The van der Waals surface area contributed by atoms with Crippen molar-refractivity contribution in [3.05, 3.63) is 57.1 Å². The lowest BCUT2D eigenvalue weighted by molar-refractivity contribution is -0.113. The van der Waals surface area contributed by atoms with E-state index in [2.05, 4.69) is 27.5 Å². The number of aromatic nitrogens is 5. The highest BCUT2D eigenvalue weighted by Gasteiger charge is 2.29. The van der Waals surface area contributed by atoms with Crippen molar-refractivity contribution in [3.8, 4) is 17.2 Å². The molecule has 0 unspecified atom stereocenters. The molecule has 39 heavy (non-hydrogen) atoms. The second-order valence-corrected chi connectivity index (χ2v) is 12.0. The summed E-state index contributed by atoms with van der Waals surface area (Å²) in [5.74, 6) is 0.469. The maximum atomic E-state index is 13.2. The van der Waals surface area contributed by atoms with Gasteiger partial charge in [-0.1, -0.05) is 42.4 Å². The zero-order valence-electron chi connectivity index (χ0n) is 22.2. The normalized spacial score (nSPS) is 14.7. The molecule has 1 aromatic carbocycles. The molecule has 9 nitrogen and oxygen atoms in total. The number of aryl methyl sites for hydroxylation is 2. The largest absolute Gasteiger partial charge is 0.462 e. The number of nitrogens with zero attached hydrogens (tertiary/aromatic N) is 5. The molecule has 0 aliphatic heterocycles. The van der Waals surface area contributed by atoms with Crippen molar-refractivity contribution < 1.29 is 14.3 Å². The van der Waals surface area contributed by atoms with Crippen LogP contribution in [0.2, 0.25) is 5.02 Å². The van der Waals surface area contributed by atoms with E-state index in [1.807, 2.05) is 35.8 Å². The molecule has 1 aliphatic carbocycles. The van der Waals surface area contributed by atoms with Crippen LogP contribution < -0.4 is 5.32 Å². The third-order valence-electron chi connectivity index (χ3n) is 6.47. The Hall–Kier alpha value is -3.15. The van der Waals surface area contributed by atoms with Gasteiger partial charge >= 0.3 is 5.97 Å². The van der Waals surface area contributed by atoms with Crippen molar-refractivity contribution >= 4 is 51.6 Å². The highest BCUT2D eigenvalue weighted by Crippen LogP contribution is 2.40. The monoisotopic (exact) mass is 584 g/mol. The molecule has 4 aromatic rings. The van der Waals surface area contributed by atoms with E-state index >= 15 is 0 Å². The number of hydrogen-bond donors (Lipinski definition) is 1. The molecule has 1 N–H and O–H groups in total. The van der Waals surface area contributed by atoms with Crippen LogP contribution in [0.5, 0.6) is 0 Å². The summed E-state index contributed by atoms with van der Waals surface area (Å²) in [4.78, 5) is 27.1. The quantitative estimate of drug-likeness (QED) is 0.208. The number of amides is 1. The van der Waals surface area contributed by atoms with Gasteiger partial charge in [-0.25, -0.2) is 4.79 Å². The van der Waals surface area contributed by atoms with Crippen molar-refractivity contribution in [1.82, 2.24) is 24.5 Å². The summed E-state index contributed by atoms with van der Waals surface area (Å²) < 4.78 is 8.81. The summed E-state index contributed by atoms with van der Waals surface area (Å²) in [5.41, 5.74) is 3.91. The minimum absolute atomic E-state index is 0.0706. The van der Waals surface area contributed by atoms with Crippen LogP contribution in [0.25, 0.3) is 17.2 Å². The van der Waals surface area contributed by atoms with E-state index in [-0.39, 0.29) is 24.2 Å². The number of esters is 1. The maximum Gasteiger partial charge on any atom is 0.341 e. The zero-order chi connectivity index (χ0) is 27.7. The number of ether oxygens (including phenoxy) is 1. The Labute approximate surface area is 239 Å². The van der Waals surface area contributed by atoms with Gasteiger partial charge in [0.15, 0.2) is 11.0 Å². The lowest BCUT2D eigenvalue weighted by atomic mass is 9.88. The molecule has 3 heterocycles. The number of carbonyl (C=O) groups is 2. The van der Waals surface area contributed by atoms with E-state index in [0.29, 0.717) is 38.2 Å². The van der Waals surface area contributed by atoms with Crippen molar-refractivity contribution in [2.75, 3.05) is 17.7 Å². The molecule has 1 amide bonds. The Morgan fingerprint density at radius 2 is 2.13 bits per heavy atom. The Balaban J connectivity index is 1.41. The van der Waals surface area contributed by atoms with Gasteiger partial charge in [0.2, 0.25) is 5.91 Å². The second-order valence-electron chi connectivity index (χ2n) is 9.59. The highest BCUT2D eigenvalue weighted by molar-refractivity contribution is 7.99. The number of fused-ring (bicyclic) bond motifs is 1. The van der Waals surface area contributed by atoms with Crippen LogP contribution in [0, 0.1) is 12.8 Å². The van der Waals surface area contributed by atoms with E-state index in [4.69, 9.17) is 16.3 Å². The number of halogens is 1. The molecule has 1 atom stereocenters. The topological polar surface area (TPSA) is 104 Å². The SMILES string of the molecule is CCOC(=O)c1c(NC(=O)CSc2nnc(-c3nn(C)cc3Cl)n2-c2cccc(C)c2)sc2c1CC[C@@H](C)C2.